The number of phenolic OH excluding ortho intramolecular Hbond substituents is 1. The standard InChI is InChI=1S/C14H11N5O4S/c1-2-12-17-18-14(24-12)16-13(21)9(7-15)5-8-3-4-11(20)10(6-8)19(22)23/h3-6,20H,2H2,1H3,(H,16,18,21). The van der Waals surface area contributed by atoms with Crippen molar-refractivity contribution in [2.24, 2.45) is 0 Å². The molecular formula is C14H11N5O4S. The molecule has 0 spiro atoms. The Bertz CT molecular complexity index is 868. The number of aryl methyl sites for hydroxylation is 1. The van der Waals surface area contributed by atoms with Crippen LogP contribution in [0, 0.1) is 21.4 Å². The second-order valence-electron chi connectivity index (χ2n) is 4.48. The number of nitriles is 1. The molecule has 10 heteroatoms. The third-order valence-electron chi connectivity index (χ3n) is 2.86. The fraction of sp³-hybridized carbons (Fsp3) is 0.143. The number of amides is 1. The molecule has 0 aliphatic carbocycles. The van der Waals surface area contributed by atoms with Gasteiger partial charge in [-0.3, -0.25) is 20.2 Å². The van der Waals surface area contributed by atoms with E-state index in [1.807, 2.05) is 6.92 Å². The number of rotatable bonds is 5. The Labute approximate surface area is 140 Å². The molecule has 0 aliphatic rings. The second kappa shape index (κ2) is 7.30. The Morgan fingerprint density at radius 1 is 1.54 bits per heavy atom. The lowest BCUT2D eigenvalue weighted by Gasteiger charge is -2.01. The summed E-state index contributed by atoms with van der Waals surface area (Å²) in [6.07, 6.45) is 1.86. The molecule has 1 aromatic carbocycles. The quantitative estimate of drug-likeness (QED) is 0.366. The Morgan fingerprint density at radius 3 is 2.88 bits per heavy atom. The van der Waals surface area contributed by atoms with E-state index in [1.54, 1.807) is 6.07 Å². The lowest BCUT2D eigenvalue weighted by atomic mass is 10.1. The van der Waals surface area contributed by atoms with Gasteiger partial charge >= 0.3 is 5.69 Å². The molecule has 0 saturated carbocycles. The first-order valence-corrected chi connectivity index (χ1v) is 7.49. The van der Waals surface area contributed by atoms with Crippen LogP contribution >= 0.6 is 11.3 Å². The van der Waals surface area contributed by atoms with Crippen molar-refractivity contribution < 1.29 is 14.8 Å². The number of nitrogens with zero attached hydrogens (tertiary/aromatic N) is 4. The summed E-state index contributed by atoms with van der Waals surface area (Å²) in [4.78, 5) is 22.1. The molecule has 1 heterocycles. The zero-order chi connectivity index (χ0) is 17.7. The van der Waals surface area contributed by atoms with Gasteiger partial charge in [-0.1, -0.05) is 24.3 Å². The van der Waals surface area contributed by atoms with E-state index >= 15 is 0 Å². The minimum Gasteiger partial charge on any atom is -0.502 e. The summed E-state index contributed by atoms with van der Waals surface area (Å²) in [6, 6.07) is 5.27. The van der Waals surface area contributed by atoms with Crippen molar-refractivity contribution in [3.63, 3.8) is 0 Å². The predicted molar refractivity (Wildman–Crippen MR) is 86.3 cm³/mol. The summed E-state index contributed by atoms with van der Waals surface area (Å²) >= 11 is 1.19. The lowest BCUT2D eigenvalue weighted by molar-refractivity contribution is -0.385. The molecule has 122 valence electrons. The number of anilines is 1. The number of aromatic nitrogens is 2. The van der Waals surface area contributed by atoms with Crippen LogP contribution in [0.4, 0.5) is 10.8 Å². The predicted octanol–water partition coefficient (Wildman–Crippen LogP) is 2.26. The van der Waals surface area contributed by atoms with Crippen molar-refractivity contribution in [3.8, 4) is 11.8 Å². The molecule has 0 fully saturated rings. The van der Waals surface area contributed by atoms with Gasteiger partial charge in [0.15, 0.2) is 5.75 Å². The molecule has 2 rings (SSSR count). The largest absolute Gasteiger partial charge is 0.502 e. The molecule has 1 amide bonds. The molecule has 24 heavy (non-hydrogen) atoms. The fourth-order valence-electron chi connectivity index (χ4n) is 1.70. The van der Waals surface area contributed by atoms with Gasteiger partial charge in [-0.05, 0) is 24.1 Å². The van der Waals surface area contributed by atoms with Crippen molar-refractivity contribution in [1.29, 1.82) is 5.26 Å². The summed E-state index contributed by atoms with van der Waals surface area (Å²) in [7, 11) is 0. The highest BCUT2D eigenvalue weighted by molar-refractivity contribution is 7.15. The van der Waals surface area contributed by atoms with Crippen molar-refractivity contribution >= 4 is 34.1 Å². The molecule has 0 unspecified atom stereocenters. The van der Waals surface area contributed by atoms with E-state index in [-0.39, 0.29) is 16.3 Å². The molecule has 0 radical (unpaired) electrons. The van der Waals surface area contributed by atoms with E-state index in [9.17, 15) is 20.0 Å². The van der Waals surface area contributed by atoms with E-state index < -0.39 is 22.3 Å². The van der Waals surface area contributed by atoms with Crippen LogP contribution in [0.3, 0.4) is 0 Å². The molecule has 0 saturated heterocycles. The van der Waals surface area contributed by atoms with Crippen LogP contribution in [0.15, 0.2) is 23.8 Å². The number of hydrogen-bond acceptors (Lipinski definition) is 8. The number of carbonyl (C=O) groups is 1. The number of nitrogens with one attached hydrogen (secondary N) is 1. The Balaban J connectivity index is 2.25. The molecule has 0 atom stereocenters. The van der Waals surface area contributed by atoms with Gasteiger partial charge in [0.1, 0.15) is 16.6 Å². The zero-order valence-corrected chi connectivity index (χ0v) is 13.2. The van der Waals surface area contributed by atoms with E-state index in [0.29, 0.717) is 6.42 Å². The lowest BCUT2D eigenvalue weighted by Crippen LogP contribution is -2.13. The third-order valence-corrected chi connectivity index (χ3v) is 3.85. The van der Waals surface area contributed by atoms with Gasteiger partial charge in [-0.2, -0.15) is 5.26 Å². The SMILES string of the molecule is CCc1nnc(NC(=O)C(C#N)=Cc2ccc(O)c([N+](=O)[O-])c2)s1. The number of hydrogen-bond donors (Lipinski definition) is 2. The molecule has 2 aromatic rings. The Morgan fingerprint density at radius 2 is 2.29 bits per heavy atom. The first kappa shape index (κ1) is 17.0. The summed E-state index contributed by atoms with van der Waals surface area (Å²) < 4.78 is 0. The average molecular weight is 345 g/mol. The highest BCUT2D eigenvalue weighted by Gasteiger charge is 2.16. The van der Waals surface area contributed by atoms with Crippen LogP contribution in [0.2, 0.25) is 0 Å². The molecular weight excluding hydrogens is 334 g/mol. The van der Waals surface area contributed by atoms with Gasteiger partial charge in [0.25, 0.3) is 5.91 Å². The maximum absolute atomic E-state index is 12.1. The summed E-state index contributed by atoms with van der Waals surface area (Å²) in [5, 5.41) is 40.4. The maximum Gasteiger partial charge on any atom is 0.311 e. The maximum atomic E-state index is 12.1. The van der Waals surface area contributed by atoms with Crippen molar-refractivity contribution in [1.82, 2.24) is 10.2 Å². The van der Waals surface area contributed by atoms with E-state index in [2.05, 4.69) is 15.5 Å². The smallest absolute Gasteiger partial charge is 0.311 e. The van der Waals surface area contributed by atoms with Crippen LogP contribution in [0.1, 0.15) is 17.5 Å². The van der Waals surface area contributed by atoms with Crippen LogP contribution in [0.25, 0.3) is 6.08 Å². The van der Waals surface area contributed by atoms with Crippen LogP contribution in [0.5, 0.6) is 5.75 Å². The minimum absolute atomic E-state index is 0.234. The zero-order valence-electron chi connectivity index (χ0n) is 12.4. The number of carbonyl (C=O) groups excluding carboxylic acids is 1. The molecule has 9 nitrogen and oxygen atoms in total. The highest BCUT2D eigenvalue weighted by atomic mass is 32.1. The van der Waals surface area contributed by atoms with E-state index in [4.69, 9.17) is 5.26 Å². The molecule has 0 bridgehead atoms. The first-order valence-electron chi connectivity index (χ1n) is 6.67. The average Bonchev–Trinajstić information content (AvgIpc) is 3.01. The fourth-order valence-corrected chi connectivity index (χ4v) is 2.38. The minimum atomic E-state index is -0.758. The Kier molecular flexibility index (Phi) is 5.18. The summed E-state index contributed by atoms with van der Waals surface area (Å²) in [5.41, 5.74) is -0.542. The first-order chi connectivity index (χ1) is 11.4. The second-order valence-corrected chi connectivity index (χ2v) is 5.55. The topological polar surface area (TPSA) is 142 Å². The number of aromatic hydroxyl groups is 1. The van der Waals surface area contributed by atoms with E-state index in [1.165, 1.54) is 23.5 Å². The monoisotopic (exact) mass is 345 g/mol. The summed E-state index contributed by atoms with van der Waals surface area (Å²) in [6.45, 7) is 1.89. The Hall–Kier alpha value is -3.32. The van der Waals surface area contributed by atoms with Crippen molar-refractivity contribution in [2.75, 3.05) is 5.32 Å². The third kappa shape index (κ3) is 3.90. The van der Waals surface area contributed by atoms with Crippen molar-refractivity contribution in [3.05, 3.63) is 44.5 Å². The van der Waals surface area contributed by atoms with Gasteiger partial charge in [0.2, 0.25) is 5.13 Å². The van der Waals surface area contributed by atoms with Gasteiger partial charge in [0, 0.05) is 6.07 Å². The normalized spacial score (nSPS) is 10.9. The van der Waals surface area contributed by atoms with Crippen molar-refractivity contribution in [2.45, 2.75) is 13.3 Å². The molecule has 1 aromatic heterocycles. The van der Waals surface area contributed by atoms with Gasteiger partial charge in [-0.15, -0.1) is 10.2 Å². The molecule has 0 aliphatic heterocycles. The number of nitro groups is 1. The number of phenols is 1. The summed E-state index contributed by atoms with van der Waals surface area (Å²) in [5.74, 6) is -1.20. The highest BCUT2D eigenvalue weighted by Crippen LogP contribution is 2.27. The number of nitro benzene ring substituents is 1. The van der Waals surface area contributed by atoms with E-state index in [0.717, 1.165) is 17.1 Å². The van der Waals surface area contributed by atoms with Gasteiger partial charge in [-0.25, -0.2) is 0 Å². The van der Waals surface area contributed by atoms with Crippen LogP contribution in [-0.4, -0.2) is 26.1 Å². The van der Waals surface area contributed by atoms with Gasteiger partial charge < -0.3 is 5.11 Å². The molecule has 2 N–H and O–H groups in total. The number of benzene rings is 1. The van der Waals surface area contributed by atoms with Crippen LogP contribution in [-0.2, 0) is 11.2 Å². The van der Waals surface area contributed by atoms with Gasteiger partial charge in [0.05, 0.1) is 4.92 Å². The van der Waals surface area contributed by atoms with Crippen LogP contribution < -0.4 is 5.32 Å².